The quantitative estimate of drug-likeness (QED) is 0.148. The zero-order valence-corrected chi connectivity index (χ0v) is 21.5. The highest BCUT2D eigenvalue weighted by Crippen LogP contribution is 2.26. The number of ether oxygens (including phenoxy) is 2. The second kappa shape index (κ2) is 23.0. The minimum absolute atomic E-state index is 0.732. The van der Waals surface area contributed by atoms with E-state index < -0.39 is 0 Å². The summed E-state index contributed by atoms with van der Waals surface area (Å²) in [5.74, 6) is 1.46. The highest BCUT2D eigenvalue weighted by Gasteiger charge is 2.05. The fourth-order valence-corrected chi connectivity index (χ4v) is 4.11. The average Bonchev–Trinajstić information content (AvgIpc) is 2.81. The Kier molecular flexibility index (Phi) is 20.7. The molecule has 0 fully saturated rings. The summed E-state index contributed by atoms with van der Waals surface area (Å²) in [5.41, 5.74) is 0. The van der Waals surface area contributed by atoms with Gasteiger partial charge in [-0.15, -0.1) is 0 Å². The van der Waals surface area contributed by atoms with Gasteiger partial charge in [0.05, 0.1) is 13.2 Å². The topological polar surface area (TPSA) is 18.5 Å². The largest absolute Gasteiger partial charge is 0.489 e. The average molecular weight is 445 g/mol. The van der Waals surface area contributed by atoms with Crippen LogP contribution in [0, 0.1) is 12.1 Å². The normalized spacial score (nSPS) is 11.1. The van der Waals surface area contributed by atoms with Crippen molar-refractivity contribution in [2.75, 3.05) is 13.2 Å². The van der Waals surface area contributed by atoms with Gasteiger partial charge in [-0.25, -0.2) is 0 Å². The van der Waals surface area contributed by atoms with E-state index >= 15 is 0 Å². The van der Waals surface area contributed by atoms with Crippen molar-refractivity contribution in [3.8, 4) is 11.5 Å². The van der Waals surface area contributed by atoms with Crippen molar-refractivity contribution in [3.63, 3.8) is 0 Å². The molecule has 0 aliphatic rings. The van der Waals surface area contributed by atoms with Crippen LogP contribution in [0.25, 0.3) is 0 Å². The van der Waals surface area contributed by atoms with Crippen LogP contribution in [0.3, 0.4) is 0 Å². The van der Waals surface area contributed by atoms with E-state index in [1.54, 1.807) is 0 Å². The molecule has 1 aromatic rings. The van der Waals surface area contributed by atoms with E-state index in [2.05, 4.69) is 26.0 Å². The van der Waals surface area contributed by atoms with Gasteiger partial charge in [0.25, 0.3) is 0 Å². The smallest absolute Gasteiger partial charge is 0.169 e. The van der Waals surface area contributed by atoms with Crippen molar-refractivity contribution in [3.05, 3.63) is 24.3 Å². The molecule has 1 aromatic carbocycles. The summed E-state index contributed by atoms with van der Waals surface area (Å²) in [5, 5.41) is 0. The third-order valence-electron chi connectivity index (χ3n) is 6.21. The van der Waals surface area contributed by atoms with Crippen LogP contribution in [0.1, 0.15) is 142 Å². The maximum atomic E-state index is 5.95. The van der Waals surface area contributed by atoms with E-state index in [0.29, 0.717) is 0 Å². The van der Waals surface area contributed by atoms with Crippen molar-refractivity contribution in [1.29, 1.82) is 0 Å². The van der Waals surface area contributed by atoms with Gasteiger partial charge in [0.15, 0.2) is 11.5 Å². The van der Waals surface area contributed by atoms with Gasteiger partial charge in [0.1, 0.15) is 0 Å². The minimum Gasteiger partial charge on any atom is -0.489 e. The summed E-state index contributed by atoms with van der Waals surface area (Å²) in [7, 11) is 0. The SMILES string of the molecule is CCCCCCCCCCCCOc1[c]cc[c]c1OCCCCCCCCCCCC. The van der Waals surface area contributed by atoms with Crippen LogP contribution in [0.5, 0.6) is 11.5 Å². The molecule has 0 bridgehead atoms. The van der Waals surface area contributed by atoms with Crippen LogP contribution in [-0.4, -0.2) is 13.2 Å². The summed E-state index contributed by atoms with van der Waals surface area (Å²) in [4.78, 5) is 0. The van der Waals surface area contributed by atoms with Crippen molar-refractivity contribution in [2.45, 2.75) is 142 Å². The minimum atomic E-state index is 0.732. The molecule has 0 unspecified atom stereocenters. The van der Waals surface area contributed by atoms with Gasteiger partial charge < -0.3 is 9.47 Å². The van der Waals surface area contributed by atoms with Crippen LogP contribution in [0.4, 0.5) is 0 Å². The Hall–Kier alpha value is -1.18. The number of hydrogen-bond acceptors (Lipinski definition) is 2. The fraction of sp³-hybridized carbons (Fsp3) is 0.800. The Morgan fingerprint density at radius 1 is 0.438 bits per heavy atom. The van der Waals surface area contributed by atoms with Crippen LogP contribution in [-0.2, 0) is 0 Å². The lowest BCUT2D eigenvalue weighted by molar-refractivity contribution is 0.257. The zero-order chi connectivity index (χ0) is 23.0. The van der Waals surface area contributed by atoms with E-state index in [9.17, 15) is 0 Å². The first-order valence-corrected chi connectivity index (χ1v) is 14.1. The van der Waals surface area contributed by atoms with Gasteiger partial charge >= 0.3 is 0 Å². The van der Waals surface area contributed by atoms with E-state index in [1.165, 1.54) is 116 Å². The van der Waals surface area contributed by atoms with Gasteiger partial charge in [0, 0.05) is 12.1 Å². The van der Waals surface area contributed by atoms with Crippen molar-refractivity contribution < 1.29 is 9.47 Å². The number of benzene rings is 1. The van der Waals surface area contributed by atoms with Crippen molar-refractivity contribution >= 4 is 0 Å². The maximum absolute atomic E-state index is 5.95. The highest BCUT2D eigenvalue weighted by atomic mass is 16.5. The Bertz CT molecular complexity index is 454. The maximum Gasteiger partial charge on any atom is 0.169 e. The van der Waals surface area contributed by atoms with Crippen molar-refractivity contribution in [2.24, 2.45) is 0 Å². The van der Waals surface area contributed by atoms with Gasteiger partial charge in [-0.3, -0.25) is 0 Å². The second-order valence-electron chi connectivity index (χ2n) is 9.34. The van der Waals surface area contributed by atoms with Crippen LogP contribution in [0.2, 0.25) is 0 Å². The van der Waals surface area contributed by atoms with Crippen molar-refractivity contribution in [1.82, 2.24) is 0 Å². The van der Waals surface area contributed by atoms with Crippen LogP contribution < -0.4 is 9.47 Å². The number of rotatable bonds is 24. The summed E-state index contributed by atoms with van der Waals surface area (Å²) >= 11 is 0. The molecule has 2 radical (unpaired) electrons. The van der Waals surface area contributed by atoms with E-state index in [1.807, 2.05) is 12.1 Å². The first kappa shape index (κ1) is 28.9. The summed E-state index contributed by atoms with van der Waals surface area (Å²) in [6.07, 6.45) is 26.8. The standard InChI is InChI=1S/C30H52O2/c1-3-5-7-9-11-13-15-17-19-23-27-31-29-25-21-22-26-30(29)32-28-24-20-18-16-14-12-10-8-6-4-2/h21-22H,3-20,23-24,27-28H2,1-2H3. The fourth-order valence-electron chi connectivity index (χ4n) is 4.11. The molecular formula is C30H52O2. The van der Waals surface area contributed by atoms with E-state index in [0.717, 1.165) is 37.6 Å². The highest BCUT2D eigenvalue weighted by molar-refractivity contribution is 5.37. The second-order valence-corrected chi connectivity index (χ2v) is 9.34. The molecule has 2 heteroatoms. The molecular weight excluding hydrogens is 392 g/mol. The summed E-state index contributed by atoms with van der Waals surface area (Å²) in [6.45, 7) is 6.06. The molecule has 0 spiro atoms. The van der Waals surface area contributed by atoms with Gasteiger partial charge in [-0.05, 0) is 25.0 Å². The Balaban J connectivity index is 1.99. The molecule has 1 rings (SSSR count). The molecule has 0 aliphatic carbocycles. The molecule has 0 amide bonds. The monoisotopic (exact) mass is 444 g/mol. The van der Waals surface area contributed by atoms with Gasteiger partial charge in [-0.1, -0.05) is 129 Å². The van der Waals surface area contributed by atoms with E-state index in [4.69, 9.17) is 9.47 Å². The molecule has 32 heavy (non-hydrogen) atoms. The molecule has 0 saturated carbocycles. The predicted molar refractivity (Wildman–Crippen MR) is 139 cm³/mol. The van der Waals surface area contributed by atoms with Crippen LogP contribution >= 0.6 is 0 Å². The zero-order valence-electron chi connectivity index (χ0n) is 21.5. The summed E-state index contributed by atoms with van der Waals surface area (Å²) < 4.78 is 11.9. The molecule has 0 aromatic heterocycles. The third-order valence-corrected chi connectivity index (χ3v) is 6.21. The first-order valence-electron chi connectivity index (χ1n) is 14.1. The Morgan fingerprint density at radius 3 is 1.03 bits per heavy atom. The summed E-state index contributed by atoms with van der Waals surface area (Å²) in [6, 6.07) is 10.1. The molecule has 184 valence electrons. The molecule has 0 N–H and O–H groups in total. The predicted octanol–water partition coefficient (Wildman–Crippen LogP) is 9.89. The molecule has 0 heterocycles. The molecule has 0 atom stereocenters. The molecule has 0 aliphatic heterocycles. The Labute approximate surface area is 200 Å². The lowest BCUT2D eigenvalue weighted by atomic mass is 10.1. The van der Waals surface area contributed by atoms with Gasteiger partial charge in [0.2, 0.25) is 0 Å². The third kappa shape index (κ3) is 17.4. The lowest BCUT2D eigenvalue weighted by Gasteiger charge is -2.12. The number of unbranched alkanes of at least 4 members (excludes halogenated alkanes) is 18. The Morgan fingerprint density at radius 2 is 0.719 bits per heavy atom. The van der Waals surface area contributed by atoms with Gasteiger partial charge in [-0.2, -0.15) is 0 Å². The number of hydrogen-bond donors (Lipinski definition) is 0. The first-order chi connectivity index (χ1) is 15.9. The molecule has 2 nitrogen and oxygen atoms in total. The molecule has 0 saturated heterocycles. The lowest BCUT2D eigenvalue weighted by Crippen LogP contribution is -2.03. The van der Waals surface area contributed by atoms with E-state index in [-0.39, 0.29) is 0 Å². The van der Waals surface area contributed by atoms with Crippen LogP contribution in [0.15, 0.2) is 12.1 Å².